The van der Waals surface area contributed by atoms with Crippen LogP contribution in [0.15, 0.2) is 17.4 Å². The normalized spacial score (nSPS) is 12.0. The van der Waals surface area contributed by atoms with Crippen LogP contribution in [0.25, 0.3) is 0 Å². The molecule has 0 unspecified atom stereocenters. The lowest BCUT2D eigenvalue weighted by Gasteiger charge is -2.05. The fraction of sp³-hybridized carbons (Fsp3) is 0.556. The molecule has 4 nitrogen and oxygen atoms in total. The topological polar surface area (TPSA) is 59.9 Å². The number of aromatic nitrogens is 2. The van der Waals surface area contributed by atoms with E-state index in [1.165, 1.54) is 18.1 Å². The molecular weight excluding hydrogens is 268 g/mol. The van der Waals surface area contributed by atoms with Gasteiger partial charge in [0.2, 0.25) is 9.05 Å². The Bertz CT molecular complexity index is 449. The molecule has 0 fully saturated rings. The van der Waals surface area contributed by atoms with Crippen LogP contribution in [0, 0.1) is 0 Å². The van der Waals surface area contributed by atoms with Crippen molar-refractivity contribution in [2.45, 2.75) is 24.8 Å². The summed E-state index contributed by atoms with van der Waals surface area (Å²) in [6.45, 7) is 4.08. The second-order valence-corrected chi connectivity index (χ2v) is 7.54. The van der Waals surface area contributed by atoms with E-state index in [9.17, 15) is 8.42 Å². The maximum atomic E-state index is 10.7. The fourth-order valence-corrected chi connectivity index (χ4v) is 3.23. The van der Waals surface area contributed by atoms with Crippen molar-refractivity contribution in [1.29, 1.82) is 0 Å². The number of halogens is 1. The molecule has 0 bridgehead atoms. The number of thioether (sulfide) groups is 1. The zero-order valence-corrected chi connectivity index (χ0v) is 11.4. The molecule has 0 aromatic carbocycles. The van der Waals surface area contributed by atoms with Crippen LogP contribution in [0.5, 0.6) is 0 Å². The molecule has 0 atom stereocenters. The Kier molecular flexibility index (Phi) is 5.01. The van der Waals surface area contributed by atoms with Crippen molar-refractivity contribution < 1.29 is 8.42 Å². The van der Waals surface area contributed by atoms with E-state index in [1.54, 1.807) is 0 Å². The molecule has 7 heteroatoms. The standard InChI is InChI=1S/C9H13ClN2O2S2/c1-7(2)8-5-9(12-6-11-8)15-3-4-16(10,13)14/h5-7H,3-4H2,1-2H3. The van der Waals surface area contributed by atoms with Crippen molar-refractivity contribution in [3.63, 3.8) is 0 Å². The molecule has 0 aliphatic rings. The predicted molar refractivity (Wildman–Crippen MR) is 66.5 cm³/mol. The van der Waals surface area contributed by atoms with Gasteiger partial charge in [-0.3, -0.25) is 0 Å². The average Bonchev–Trinajstić information content (AvgIpc) is 2.16. The van der Waals surface area contributed by atoms with Crippen molar-refractivity contribution in [2.75, 3.05) is 11.5 Å². The van der Waals surface area contributed by atoms with Gasteiger partial charge in [-0.05, 0) is 12.0 Å². The first-order chi connectivity index (χ1) is 7.38. The average molecular weight is 281 g/mol. The highest BCUT2D eigenvalue weighted by atomic mass is 35.7. The number of hydrogen-bond donors (Lipinski definition) is 0. The maximum Gasteiger partial charge on any atom is 0.233 e. The first-order valence-electron chi connectivity index (χ1n) is 4.75. The molecule has 90 valence electrons. The van der Waals surface area contributed by atoms with Crippen LogP contribution in [0.4, 0.5) is 0 Å². The maximum absolute atomic E-state index is 10.7. The van der Waals surface area contributed by atoms with Gasteiger partial charge in [-0.2, -0.15) is 0 Å². The lowest BCUT2D eigenvalue weighted by Crippen LogP contribution is -2.00. The minimum atomic E-state index is -3.41. The van der Waals surface area contributed by atoms with E-state index in [0.29, 0.717) is 11.7 Å². The molecule has 0 radical (unpaired) electrons. The summed E-state index contributed by atoms with van der Waals surface area (Å²) < 4.78 is 21.4. The lowest BCUT2D eigenvalue weighted by molar-refractivity contribution is 0.611. The Labute approximate surface area is 104 Å². The molecule has 1 aromatic heterocycles. The summed E-state index contributed by atoms with van der Waals surface area (Å²) in [6.07, 6.45) is 1.49. The van der Waals surface area contributed by atoms with Crippen LogP contribution in [0.3, 0.4) is 0 Å². The van der Waals surface area contributed by atoms with Crippen LogP contribution in [-0.2, 0) is 9.05 Å². The molecule has 0 aliphatic carbocycles. The second-order valence-electron chi connectivity index (χ2n) is 3.53. The Balaban J connectivity index is 2.58. The van der Waals surface area contributed by atoms with Gasteiger partial charge < -0.3 is 0 Å². The summed E-state index contributed by atoms with van der Waals surface area (Å²) in [4.78, 5) is 8.18. The Hall–Kier alpha value is -0.330. The fourth-order valence-electron chi connectivity index (χ4n) is 0.994. The highest BCUT2D eigenvalue weighted by Gasteiger charge is 2.07. The van der Waals surface area contributed by atoms with E-state index in [4.69, 9.17) is 10.7 Å². The molecule has 0 saturated carbocycles. The summed E-state index contributed by atoms with van der Waals surface area (Å²) >= 11 is 1.36. The van der Waals surface area contributed by atoms with E-state index >= 15 is 0 Å². The van der Waals surface area contributed by atoms with E-state index in [-0.39, 0.29) is 5.75 Å². The summed E-state index contributed by atoms with van der Waals surface area (Å²) in [7, 11) is 1.69. The van der Waals surface area contributed by atoms with Crippen LogP contribution in [0.1, 0.15) is 25.5 Å². The smallest absolute Gasteiger partial charge is 0.233 e. The monoisotopic (exact) mass is 280 g/mol. The molecule has 16 heavy (non-hydrogen) atoms. The zero-order valence-electron chi connectivity index (χ0n) is 9.05. The Morgan fingerprint density at radius 1 is 1.44 bits per heavy atom. The lowest BCUT2D eigenvalue weighted by atomic mass is 10.1. The molecular formula is C9H13ClN2O2S2. The van der Waals surface area contributed by atoms with Crippen molar-refractivity contribution in [3.05, 3.63) is 18.1 Å². The summed E-state index contributed by atoms with van der Waals surface area (Å²) in [5.41, 5.74) is 0.950. The molecule has 0 saturated heterocycles. The third-order valence-corrected chi connectivity index (χ3v) is 4.17. The Morgan fingerprint density at radius 2 is 2.12 bits per heavy atom. The van der Waals surface area contributed by atoms with Crippen molar-refractivity contribution in [2.24, 2.45) is 0 Å². The predicted octanol–water partition coefficient (Wildman–Crippen LogP) is 2.26. The van der Waals surface area contributed by atoms with Crippen molar-refractivity contribution in [1.82, 2.24) is 9.97 Å². The third-order valence-electron chi connectivity index (χ3n) is 1.83. The van der Waals surface area contributed by atoms with E-state index in [1.807, 2.05) is 19.9 Å². The van der Waals surface area contributed by atoms with Gasteiger partial charge in [-0.25, -0.2) is 18.4 Å². The zero-order chi connectivity index (χ0) is 12.2. The second kappa shape index (κ2) is 5.84. The molecule has 0 N–H and O–H groups in total. The van der Waals surface area contributed by atoms with Gasteiger partial charge >= 0.3 is 0 Å². The SMILES string of the molecule is CC(C)c1cc(SCCS(=O)(=O)Cl)ncn1. The van der Waals surface area contributed by atoms with Crippen LogP contribution in [-0.4, -0.2) is 29.9 Å². The van der Waals surface area contributed by atoms with Crippen molar-refractivity contribution >= 4 is 31.5 Å². The largest absolute Gasteiger partial charge is 0.241 e. The molecule has 1 heterocycles. The van der Waals surface area contributed by atoms with E-state index in [0.717, 1.165) is 10.7 Å². The van der Waals surface area contributed by atoms with Gasteiger partial charge in [0.15, 0.2) is 0 Å². The minimum absolute atomic E-state index is 0.0553. The molecule has 1 rings (SSSR count). The van der Waals surface area contributed by atoms with Crippen molar-refractivity contribution in [3.8, 4) is 0 Å². The van der Waals surface area contributed by atoms with Gasteiger partial charge in [-0.1, -0.05) is 13.8 Å². The first kappa shape index (κ1) is 13.7. The van der Waals surface area contributed by atoms with Crippen LogP contribution >= 0.6 is 22.4 Å². The van der Waals surface area contributed by atoms with Crippen LogP contribution in [0.2, 0.25) is 0 Å². The van der Waals surface area contributed by atoms with Gasteiger partial charge in [0.25, 0.3) is 0 Å². The summed E-state index contributed by atoms with van der Waals surface area (Å²) in [6, 6.07) is 1.87. The van der Waals surface area contributed by atoms with E-state index < -0.39 is 9.05 Å². The summed E-state index contributed by atoms with van der Waals surface area (Å²) in [5.74, 6) is 0.680. The summed E-state index contributed by atoms with van der Waals surface area (Å²) in [5, 5.41) is 0.777. The van der Waals surface area contributed by atoms with Gasteiger partial charge in [0.05, 0.1) is 10.8 Å². The highest BCUT2D eigenvalue weighted by Crippen LogP contribution is 2.19. The molecule has 0 aliphatic heterocycles. The van der Waals surface area contributed by atoms with E-state index in [2.05, 4.69) is 9.97 Å². The molecule has 1 aromatic rings. The highest BCUT2D eigenvalue weighted by molar-refractivity contribution is 8.14. The number of hydrogen-bond acceptors (Lipinski definition) is 5. The minimum Gasteiger partial charge on any atom is -0.241 e. The van der Waals surface area contributed by atoms with Crippen LogP contribution < -0.4 is 0 Å². The molecule has 0 amide bonds. The molecule has 0 spiro atoms. The Morgan fingerprint density at radius 3 is 2.69 bits per heavy atom. The quantitative estimate of drug-likeness (QED) is 0.470. The number of rotatable bonds is 5. The van der Waals surface area contributed by atoms with Gasteiger partial charge in [-0.15, -0.1) is 11.8 Å². The first-order valence-corrected chi connectivity index (χ1v) is 8.22. The third kappa shape index (κ3) is 5.14. The van der Waals surface area contributed by atoms with Gasteiger partial charge in [0.1, 0.15) is 6.33 Å². The van der Waals surface area contributed by atoms with Gasteiger partial charge in [0, 0.05) is 22.1 Å². The number of nitrogens with zero attached hydrogens (tertiary/aromatic N) is 2.